The second kappa shape index (κ2) is 6.40. The topological polar surface area (TPSA) is 126 Å². The van der Waals surface area contributed by atoms with Crippen molar-refractivity contribution >= 4 is 17.1 Å². The quantitative estimate of drug-likeness (QED) is 0.423. The van der Waals surface area contributed by atoms with Gasteiger partial charge in [0.05, 0.1) is 16.3 Å². The van der Waals surface area contributed by atoms with Crippen LogP contribution in [0.2, 0.25) is 0 Å². The Bertz CT molecular complexity index is 966. The van der Waals surface area contributed by atoms with E-state index < -0.39 is 4.92 Å². The molecule has 0 aliphatic heterocycles. The summed E-state index contributed by atoms with van der Waals surface area (Å²) in [5.74, 6) is -0.487. The number of nitro groups is 1. The zero-order valence-corrected chi connectivity index (χ0v) is 13.1. The highest BCUT2D eigenvalue weighted by atomic mass is 16.6. The minimum atomic E-state index is -0.603. The molecular formula is C16H13N5O4. The van der Waals surface area contributed by atoms with Gasteiger partial charge >= 0.3 is 0 Å². The summed E-state index contributed by atoms with van der Waals surface area (Å²) < 4.78 is 1.30. The maximum atomic E-state index is 10.8. The van der Waals surface area contributed by atoms with Crippen LogP contribution in [0.15, 0.2) is 58.8 Å². The Morgan fingerprint density at radius 2 is 1.84 bits per heavy atom. The largest absolute Gasteiger partial charge is 0.506 e. The number of phenols is 1. The summed E-state index contributed by atoms with van der Waals surface area (Å²) in [6, 6.07) is 12.4. The van der Waals surface area contributed by atoms with Crippen LogP contribution in [-0.2, 0) is 0 Å². The highest BCUT2D eigenvalue weighted by molar-refractivity contribution is 5.58. The monoisotopic (exact) mass is 339 g/mol. The first kappa shape index (κ1) is 16.1. The van der Waals surface area contributed by atoms with E-state index >= 15 is 0 Å². The van der Waals surface area contributed by atoms with Crippen molar-refractivity contribution in [1.82, 2.24) is 9.78 Å². The Morgan fingerprint density at radius 1 is 1.12 bits per heavy atom. The van der Waals surface area contributed by atoms with Crippen LogP contribution in [0, 0.1) is 17.0 Å². The molecule has 0 unspecified atom stereocenters. The van der Waals surface area contributed by atoms with Gasteiger partial charge in [-0.2, -0.15) is 9.78 Å². The number of azo groups is 1. The Kier molecular flexibility index (Phi) is 4.12. The molecule has 0 atom stereocenters. The molecule has 0 aliphatic rings. The standard InChI is InChI=1S/C16H13N5O4/c1-10-15(16(23)20(19-10)11-5-3-2-4-6-11)18-17-13-9-12(21(24)25)7-8-14(13)22/h2-9,22-23H,1H3/b18-17+. The molecule has 0 aliphatic carbocycles. The highest BCUT2D eigenvalue weighted by Crippen LogP contribution is 2.36. The van der Waals surface area contributed by atoms with Gasteiger partial charge in [0.2, 0.25) is 5.88 Å². The van der Waals surface area contributed by atoms with Crippen LogP contribution in [0.3, 0.4) is 0 Å². The molecule has 3 rings (SSSR count). The van der Waals surface area contributed by atoms with E-state index in [1.165, 1.54) is 4.68 Å². The highest BCUT2D eigenvalue weighted by Gasteiger charge is 2.16. The van der Waals surface area contributed by atoms with Crippen molar-refractivity contribution in [1.29, 1.82) is 0 Å². The molecule has 1 aromatic heterocycles. The number of hydrogen-bond acceptors (Lipinski definition) is 7. The number of non-ortho nitro benzene ring substituents is 1. The predicted octanol–water partition coefficient (Wildman–Crippen LogP) is 3.92. The average Bonchev–Trinajstić information content (AvgIpc) is 2.89. The third-order valence-corrected chi connectivity index (χ3v) is 3.43. The summed E-state index contributed by atoms with van der Waals surface area (Å²) in [5.41, 5.74) is 0.848. The number of phenolic OH excluding ortho intramolecular Hbond substituents is 1. The molecule has 2 N–H and O–H groups in total. The molecule has 25 heavy (non-hydrogen) atoms. The van der Waals surface area contributed by atoms with Crippen LogP contribution in [0.4, 0.5) is 17.1 Å². The minimum Gasteiger partial charge on any atom is -0.506 e. The molecule has 0 saturated heterocycles. The summed E-state index contributed by atoms with van der Waals surface area (Å²) >= 11 is 0. The van der Waals surface area contributed by atoms with Crippen LogP contribution in [-0.4, -0.2) is 24.9 Å². The second-order valence-electron chi connectivity index (χ2n) is 5.14. The maximum Gasteiger partial charge on any atom is 0.271 e. The molecule has 2 aromatic carbocycles. The second-order valence-corrected chi connectivity index (χ2v) is 5.14. The van der Waals surface area contributed by atoms with Crippen molar-refractivity contribution in [3.8, 4) is 17.3 Å². The Morgan fingerprint density at radius 3 is 2.52 bits per heavy atom. The lowest BCUT2D eigenvalue weighted by molar-refractivity contribution is -0.384. The summed E-state index contributed by atoms with van der Waals surface area (Å²) in [6.45, 7) is 1.64. The van der Waals surface area contributed by atoms with Crippen LogP contribution in [0.5, 0.6) is 11.6 Å². The number of rotatable bonds is 4. The molecule has 0 saturated carbocycles. The molecule has 9 heteroatoms. The summed E-state index contributed by atoms with van der Waals surface area (Å²) in [7, 11) is 0. The third kappa shape index (κ3) is 3.15. The first-order chi connectivity index (χ1) is 12.0. The molecule has 0 radical (unpaired) electrons. The lowest BCUT2D eigenvalue weighted by Crippen LogP contribution is -1.94. The van der Waals surface area contributed by atoms with Crippen LogP contribution in [0.1, 0.15) is 5.69 Å². The van der Waals surface area contributed by atoms with Crippen molar-refractivity contribution in [2.24, 2.45) is 10.2 Å². The first-order valence-electron chi connectivity index (χ1n) is 7.20. The van der Waals surface area contributed by atoms with Gasteiger partial charge in [0, 0.05) is 12.1 Å². The van der Waals surface area contributed by atoms with Crippen molar-refractivity contribution in [3.05, 3.63) is 64.3 Å². The Hall–Kier alpha value is -3.75. The van der Waals surface area contributed by atoms with E-state index in [0.717, 1.165) is 18.2 Å². The fraction of sp³-hybridized carbons (Fsp3) is 0.0625. The number of aryl methyl sites for hydroxylation is 1. The zero-order chi connectivity index (χ0) is 18.0. The number of aromatic nitrogens is 2. The van der Waals surface area contributed by atoms with Crippen LogP contribution in [0.25, 0.3) is 5.69 Å². The summed E-state index contributed by atoms with van der Waals surface area (Å²) in [6.07, 6.45) is 0. The Labute approximate surface area is 141 Å². The number of benzene rings is 2. The van der Waals surface area contributed by atoms with Gasteiger partial charge in [0.15, 0.2) is 5.69 Å². The number of hydrogen-bond donors (Lipinski definition) is 2. The van der Waals surface area contributed by atoms with Gasteiger partial charge < -0.3 is 10.2 Å². The predicted molar refractivity (Wildman–Crippen MR) is 88.9 cm³/mol. The smallest absolute Gasteiger partial charge is 0.271 e. The van der Waals surface area contributed by atoms with Crippen molar-refractivity contribution in [2.75, 3.05) is 0 Å². The molecule has 0 spiro atoms. The van der Waals surface area contributed by atoms with Gasteiger partial charge in [-0.15, -0.1) is 10.2 Å². The van der Waals surface area contributed by atoms with Crippen molar-refractivity contribution in [3.63, 3.8) is 0 Å². The summed E-state index contributed by atoms with van der Waals surface area (Å²) in [4.78, 5) is 10.2. The fourth-order valence-electron chi connectivity index (χ4n) is 2.18. The molecule has 126 valence electrons. The number of para-hydroxylation sites is 1. The maximum absolute atomic E-state index is 10.8. The summed E-state index contributed by atoms with van der Waals surface area (Å²) in [5, 5.41) is 42.8. The molecule has 0 bridgehead atoms. The molecule has 9 nitrogen and oxygen atoms in total. The number of nitrogens with zero attached hydrogens (tertiary/aromatic N) is 5. The van der Waals surface area contributed by atoms with Crippen LogP contribution >= 0.6 is 0 Å². The van der Waals surface area contributed by atoms with Crippen molar-refractivity contribution in [2.45, 2.75) is 6.92 Å². The lowest BCUT2D eigenvalue weighted by Gasteiger charge is -2.01. The lowest BCUT2D eigenvalue weighted by atomic mass is 10.2. The van der Waals surface area contributed by atoms with E-state index in [-0.39, 0.29) is 28.7 Å². The van der Waals surface area contributed by atoms with E-state index in [0.29, 0.717) is 11.4 Å². The molecule has 3 aromatic rings. The average molecular weight is 339 g/mol. The first-order valence-corrected chi connectivity index (χ1v) is 7.20. The van der Waals surface area contributed by atoms with E-state index in [2.05, 4.69) is 15.3 Å². The minimum absolute atomic E-state index is 0.0829. The van der Waals surface area contributed by atoms with Gasteiger partial charge in [0.25, 0.3) is 5.69 Å². The van der Waals surface area contributed by atoms with Gasteiger partial charge in [-0.25, -0.2) is 0 Å². The number of nitro benzene ring substituents is 1. The zero-order valence-electron chi connectivity index (χ0n) is 13.1. The normalized spacial score (nSPS) is 11.1. The van der Waals surface area contributed by atoms with Crippen LogP contribution < -0.4 is 0 Å². The molecule has 0 amide bonds. The van der Waals surface area contributed by atoms with E-state index in [1.807, 2.05) is 6.07 Å². The van der Waals surface area contributed by atoms with Crippen molar-refractivity contribution < 1.29 is 15.1 Å². The fourth-order valence-corrected chi connectivity index (χ4v) is 2.18. The van der Waals surface area contributed by atoms with E-state index in [9.17, 15) is 20.3 Å². The Balaban J connectivity index is 1.99. The van der Waals surface area contributed by atoms with Gasteiger partial charge in [0.1, 0.15) is 11.4 Å². The third-order valence-electron chi connectivity index (χ3n) is 3.43. The van der Waals surface area contributed by atoms with E-state index in [1.54, 1.807) is 31.2 Å². The van der Waals surface area contributed by atoms with E-state index in [4.69, 9.17) is 0 Å². The molecule has 0 fully saturated rings. The molecule has 1 heterocycles. The SMILES string of the molecule is Cc1nn(-c2ccccc2)c(O)c1/N=N/c1cc([N+](=O)[O-])ccc1O. The van der Waals surface area contributed by atoms with Gasteiger partial charge in [-0.05, 0) is 25.1 Å². The molecular weight excluding hydrogens is 326 g/mol. The van der Waals surface area contributed by atoms with Gasteiger partial charge in [-0.3, -0.25) is 10.1 Å². The number of aromatic hydroxyl groups is 2. The van der Waals surface area contributed by atoms with Gasteiger partial charge in [-0.1, -0.05) is 18.2 Å².